The number of aromatic hydroxyl groups is 1. The predicted octanol–water partition coefficient (Wildman–Crippen LogP) is 7.47. The van der Waals surface area contributed by atoms with E-state index in [0.29, 0.717) is 24.3 Å². The van der Waals surface area contributed by atoms with E-state index in [-0.39, 0.29) is 46.3 Å². The van der Waals surface area contributed by atoms with Crippen LogP contribution in [0.3, 0.4) is 0 Å². The molecule has 0 aromatic heterocycles. The van der Waals surface area contributed by atoms with Crippen molar-refractivity contribution in [3.63, 3.8) is 0 Å². The van der Waals surface area contributed by atoms with Crippen molar-refractivity contribution < 1.29 is 34.8 Å². The van der Waals surface area contributed by atoms with E-state index in [0.717, 1.165) is 30.9 Å². The van der Waals surface area contributed by atoms with Gasteiger partial charge in [-0.15, -0.1) is 0 Å². The van der Waals surface area contributed by atoms with Gasteiger partial charge < -0.3 is 20.4 Å². The Hall–Kier alpha value is -2.93. The lowest BCUT2D eigenvalue weighted by molar-refractivity contribution is -0.171. The van der Waals surface area contributed by atoms with Gasteiger partial charge in [-0.25, -0.2) is 0 Å². The number of carbonyl (C=O) groups is 3. The number of fused-ring (bicyclic) bond motifs is 3. The summed E-state index contributed by atoms with van der Waals surface area (Å²) >= 11 is 0. The number of phenols is 1. The highest BCUT2D eigenvalue weighted by Crippen LogP contribution is 2.65. The summed E-state index contributed by atoms with van der Waals surface area (Å²) in [7, 11) is 0. The van der Waals surface area contributed by atoms with Crippen LogP contribution < -0.4 is 0 Å². The minimum absolute atomic E-state index is 0.0477. The fraction of sp³-hybridized carbons (Fsp3) is 0.649. The Morgan fingerprint density at radius 1 is 1.05 bits per heavy atom. The molecule has 1 aromatic carbocycles. The van der Waals surface area contributed by atoms with Gasteiger partial charge in [0.05, 0.1) is 5.56 Å². The first-order chi connectivity index (χ1) is 20.0. The molecule has 0 aliphatic heterocycles. The Kier molecular flexibility index (Phi) is 8.38. The highest BCUT2D eigenvalue weighted by Gasteiger charge is 2.71. The molecular formula is C37H52O7. The zero-order valence-corrected chi connectivity index (χ0v) is 28.4. The highest BCUT2D eigenvalue weighted by molar-refractivity contribution is 6.25. The number of benzene rings is 1. The SMILES string of the molecule is CC(=O)C1=C(O)C(C(C)C)[C@@]2(C)C[C@@]3(C)Cc4c(C(C)C)cc(CCC(C)CC(C)(C)C)c(O)c4C(=O)C3=C(O)[C@@]2(O)C1=O. The second-order valence-corrected chi connectivity index (χ2v) is 16.4. The fourth-order valence-electron chi connectivity index (χ4n) is 9.14. The molecule has 7 nitrogen and oxygen atoms in total. The van der Waals surface area contributed by atoms with Crippen molar-refractivity contribution in [3.05, 3.63) is 51.0 Å². The van der Waals surface area contributed by atoms with Crippen LogP contribution in [0.15, 0.2) is 28.7 Å². The normalized spacial score (nSPS) is 29.6. The molecule has 0 radical (unpaired) electrons. The largest absolute Gasteiger partial charge is 0.511 e. The summed E-state index contributed by atoms with van der Waals surface area (Å²) in [6, 6.07) is 2.02. The van der Waals surface area contributed by atoms with Gasteiger partial charge in [-0.1, -0.05) is 75.3 Å². The molecule has 1 aromatic rings. The Morgan fingerprint density at radius 2 is 1.64 bits per heavy atom. The van der Waals surface area contributed by atoms with E-state index in [4.69, 9.17) is 0 Å². The van der Waals surface area contributed by atoms with E-state index in [1.807, 2.05) is 26.8 Å². The first-order valence-electron chi connectivity index (χ1n) is 16.1. The van der Waals surface area contributed by atoms with Crippen LogP contribution in [0.25, 0.3) is 0 Å². The molecule has 0 bridgehead atoms. The first kappa shape index (κ1) is 34.0. The first-order valence-corrected chi connectivity index (χ1v) is 16.1. The van der Waals surface area contributed by atoms with Gasteiger partial charge in [0.15, 0.2) is 17.2 Å². The number of phenolic OH excluding ortho intramolecular Hbond substituents is 1. The van der Waals surface area contributed by atoms with Crippen LogP contribution in [-0.2, 0) is 22.4 Å². The maximum Gasteiger partial charge on any atom is 0.209 e. The number of Topliss-reactive ketones (excluding diaryl/α,β-unsaturated/α-hetero) is 3. The maximum absolute atomic E-state index is 14.5. The molecule has 4 N–H and O–H groups in total. The number of carbonyl (C=O) groups excluding carboxylic acids is 3. The van der Waals surface area contributed by atoms with E-state index in [9.17, 15) is 34.8 Å². The molecular weight excluding hydrogens is 556 g/mol. The van der Waals surface area contributed by atoms with E-state index in [1.54, 1.807) is 6.92 Å². The van der Waals surface area contributed by atoms with Crippen LogP contribution in [0.2, 0.25) is 0 Å². The molecule has 0 amide bonds. The van der Waals surface area contributed by atoms with Crippen molar-refractivity contribution in [2.24, 2.45) is 34.0 Å². The van der Waals surface area contributed by atoms with Crippen molar-refractivity contribution >= 4 is 17.3 Å². The third kappa shape index (κ3) is 4.94. The third-order valence-corrected chi connectivity index (χ3v) is 10.6. The molecule has 242 valence electrons. The lowest BCUT2D eigenvalue weighted by atomic mass is 9.44. The average Bonchev–Trinajstić information content (AvgIpc) is 2.84. The second-order valence-electron chi connectivity index (χ2n) is 16.4. The maximum atomic E-state index is 14.5. The van der Waals surface area contributed by atoms with Crippen LogP contribution in [-0.4, -0.2) is 43.4 Å². The quantitative estimate of drug-likeness (QED) is 0.236. The highest BCUT2D eigenvalue weighted by atomic mass is 16.3. The van der Waals surface area contributed by atoms with Gasteiger partial charge in [-0.3, -0.25) is 14.4 Å². The standard InChI is InChI=1S/C37H52O7/c1-18(2)23-14-22(13-12-20(5)15-34(7,8)9)29(39)26-24(23)16-35(10)17-36(11)27(19(3)4)30(40)25(21(6)38)32(42)37(36,44)33(43)28(35)31(26)41/h14,18-20,27,39-40,43-44H,12-13,15-17H2,1-11H3/t20?,27?,35-,36-,37+/m1/s1. The number of ketones is 3. The Balaban J connectivity index is 1.95. The Bertz CT molecular complexity index is 1490. The number of hydrogen-bond donors (Lipinski definition) is 4. The van der Waals surface area contributed by atoms with Crippen LogP contribution >= 0.6 is 0 Å². The Labute approximate surface area is 262 Å². The molecule has 4 rings (SSSR count). The van der Waals surface area contributed by atoms with E-state index in [1.165, 1.54) is 0 Å². The van der Waals surface area contributed by atoms with Crippen LogP contribution in [0.5, 0.6) is 5.75 Å². The number of allylic oxidation sites excluding steroid dienone is 2. The summed E-state index contributed by atoms with van der Waals surface area (Å²) in [5.41, 5.74) is -3.06. The van der Waals surface area contributed by atoms with Crippen LogP contribution in [0.4, 0.5) is 0 Å². The molecule has 7 heteroatoms. The van der Waals surface area contributed by atoms with E-state index >= 15 is 0 Å². The van der Waals surface area contributed by atoms with Crippen LogP contribution in [0, 0.1) is 34.0 Å². The van der Waals surface area contributed by atoms with Gasteiger partial charge in [0.25, 0.3) is 0 Å². The van der Waals surface area contributed by atoms with Gasteiger partial charge in [0, 0.05) is 22.3 Å². The number of aryl methyl sites for hydroxylation is 1. The fourth-order valence-corrected chi connectivity index (χ4v) is 9.14. The lowest BCUT2D eigenvalue weighted by Gasteiger charge is -2.59. The smallest absolute Gasteiger partial charge is 0.209 e. The zero-order valence-electron chi connectivity index (χ0n) is 28.4. The number of hydrogen-bond acceptors (Lipinski definition) is 7. The third-order valence-electron chi connectivity index (χ3n) is 10.6. The van der Waals surface area contributed by atoms with Crippen molar-refractivity contribution in [2.45, 2.75) is 120 Å². The van der Waals surface area contributed by atoms with Gasteiger partial charge >= 0.3 is 0 Å². The average molecular weight is 609 g/mol. The van der Waals surface area contributed by atoms with Crippen LogP contribution in [0.1, 0.15) is 128 Å². The molecule has 44 heavy (non-hydrogen) atoms. The molecule has 0 fully saturated rings. The number of aliphatic hydroxyl groups excluding tert-OH is 2. The monoisotopic (exact) mass is 608 g/mol. The lowest BCUT2D eigenvalue weighted by Crippen LogP contribution is -2.67. The molecule has 0 heterocycles. The minimum Gasteiger partial charge on any atom is -0.511 e. The summed E-state index contributed by atoms with van der Waals surface area (Å²) in [5, 5.41) is 47.2. The van der Waals surface area contributed by atoms with E-state index < -0.39 is 51.0 Å². The number of aliphatic hydroxyl groups is 3. The van der Waals surface area contributed by atoms with Crippen molar-refractivity contribution in [1.82, 2.24) is 0 Å². The van der Waals surface area contributed by atoms with Gasteiger partial charge in [0.2, 0.25) is 5.78 Å². The predicted molar refractivity (Wildman–Crippen MR) is 171 cm³/mol. The minimum atomic E-state index is -2.60. The molecule has 5 atom stereocenters. The van der Waals surface area contributed by atoms with Gasteiger partial charge in [-0.2, -0.15) is 0 Å². The van der Waals surface area contributed by atoms with Gasteiger partial charge in [-0.05, 0) is 78.9 Å². The molecule has 0 spiro atoms. The van der Waals surface area contributed by atoms with Crippen molar-refractivity contribution in [1.29, 1.82) is 0 Å². The summed E-state index contributed by atoms with van der Waals surface area (Å²) in [5.74, 6) is -4.39. The second kappa shape index (κ2) is 10.9. The number of rotatable bonds is 7. The molecule has 0 saturated heterocycles. The van der Waals surface area contributed by atoms with E-state index in [2.05, 4.69) is 41.5 Å². The summed E-state index contributed by atoms with van der Waals surface area (Å²) < 4.78 is 0. The zero-order chi connectivity index (χ0) is 33.5. The molecule has 2 unspecified atom stereocenters. The van der Waals surface area contributed by atoms with Gasteiger partial charge in [0.1, 0.15) is 22.8 Å². The summed E-state index contributed by atoms with van der Waals surface area (Å²) in [6.45, 7) is 21.2. The molecule has 0 saturated carbocycles. The summed E-state index contributed by atoms with van der Waals surface area (Å²) in [6.07, 6.45) is 2.81. The summed E-state index contributed by atoms with van der Waals surface area (Å²) in [4.78, 5) is 41.1. The molecule has 3 aliphatic carbocycles. The topological polar surface area (TPSA) is 132 Å². The van der Waals surface area contributed by atoms with Crippen molar-refractivity contribution in [2.75, 3.05) is 0 Å². The molecule has 3 aliphatic rings. The Morgan fingerprint density at radius 3 is 2.14 bits per heavy atom. The van der Waals surface area contributed by atoms with Crippen molar-refractivity contribution in [3.8, 4) is 5.75 Å².